The second-order valence-corrected chi connectivity index (χ2v) is 5.49. The van der Waals surface area contributed by atoms with Crippen LogP contribution >= 0.6 is 0 Å². The second kappa shape index (κ2) is 7.79. The number of hydrogen-bond acceptors (Lipinski definition) is 3. The number of rotatable bonds is 7. The van der Waals surface area contributed by atoms with Crippen molar-refractivity contribution in [1.82, 2.24) is 10.3 Å². The third-order valence-corrected chi connectivity index (χ3v) is 3.36. The monoisotopic (exact) mass is 284 g/mol. The van der Waals surface area contributed by atoms with E-state index in [-0.39, 0.29) is 0 Å². The summed E-state index contributed by atoms with van der Waals surface area (Å²) >= 11 is 0. The summed E-state index contributed by atoms with van der Waals surface area (Å²) in [6.45, 7) is 8.33. The number of benzene rings is 1. The van der Waals surface area contributed by atoms with Crippen LogP contribution in [0.25, 0.3) is 0 Å². The van der Waals surface area contributed by atoms with Crippen molar-refractivity contribution in [3.63, 3.8) is 0 Å². The van der Waals surface area contributed by atoms with Gasteiger partial charge >= 0.3 is 0 Å². The van der Waals surface area contributed by atoms with Crippen LogP contribution in [0.4, 0.5) is 0 Å². The molecule has 0 aliphatic carbocycles. The van der Waals surface area contributed by atoms with E-state index >= 15 is 0 Å². The Morgan fingerprint density at radius 3 is 2.86 bits per heavy atom. The van der Waals surface area contributed by atoms with Gasteiger partial charge in [-0.25, -0.2) is 0 Å². The molecule has 3 heteroatoms. The molecule has 0 radical (unpaired) electrons. The van der Waals surface area contributed by atoms with Crippen LogP contribution in [-0.4, -0.2) is 11.5 Å². The van der Waals surface area contributed by atoms with Gasteiger partial charge in [-0.3, -0.25) is 4.98 Å². The van der Waals surface area contributed by atoms with Crippen molar-refractivity contribution < 1.29 is 4.74 Å². The lowest BCUT2D eigenvalue weighted by Gasteiger charge is -2.13. The molecule has 0 saturated heterocycles. The molecule has 0 saturated carbocycles. The van der Waals surface area contributed by atoms with Crippen molar-refractivity contribution in [2.75, 3.05) is 6.54 Å². The lowest BCUT2D eigenvalue weighted by atomic mass is 10.0. The highest BCUT2D eigenvalue weighted by Gasteiger charge is 2.06. The molecule has 0 spiro atoms. The lowest BCUT2D eigenvalue weighted by Crippen LogP contribution is -2.14. The minimum absolute atomic E-state index is 0.494. The van der Waals surface area contributed by atoms with Crippen LogP contribution in [0.1, 0.15) is 44.2 Å². The number of hydrogen-bond donors (Lipinski definition) is 1. The molecule has 2 rings (SSSR count). The Bertz CT molecular complexity index is 567. The minimum atomic E-state index is 0.494. The summed E-state index contributed by atoms with van der Waals surface area (Å²) in [5.41, 5.74) is 2.41. The largest absolute Gasteiger partial charge is 0.455 e. The van der Waals surface area contributed by atoms with Crippen molar-refractivity contribution >= 4 is 0 Å². The molecule has 1 aromatic heterocycles. The smallest absolute Gasteiger partial charge is 0.150 e. The fraction of sp³-hybridized carbons (Fsp3) is 0.389. The van der Waals surface area contributed by atoms with Crippen LogP contribution in [0.2, 0.25) is 0 Å². The molecule has 0 amide bonds. The van der Waals surface area contributed by atoms with Crippen molar-refractivity contribution in [3.05, 3.63) is 53.9 Å². The Hall–Kier alpha value is -1.87. The summed E-state index contributed by atoms with van der Waals surface area (Å²) < 4.78 is 6.03. The summed E-state index contributed by atoms with van der Waals surface area (Å²) in [5.74, 6) is 2.18. The van der Waals surface area contributed by atoms with Gasteiger partial charge in [0.15, 0.2) is 0 Å². The molecule has 0 unspecified atom stereocenters. The van der Waals surface area contributed by atoms with Crippen LogP contribution < -0.4 is 10.1 Å². The van der Waals surface area contributed by atoms with Gasteiger partial charge in [0.2, 0.25) is 0 Å². The topological polar surface area (TPSA) is 34.2 Å². The van der Waals surface area contributed by atoms with Gasteiger partial charge < -0.3 is 10.1 Å². The molecule has 1 aromatic carbocycles. The van der Waals surface area contributed by atoms with Gasteiger partial charge in [-0.05, 0) is 42.6 Å². The molecule has 0 aliphatic heterocycles. The number of pyridine rings is 1. The first-order chi connectivity index (χ1) is 10.2. The van der Waals surface area contributed by atoms with Crippen LogP contribution in [0, 0.1) is 0 Å². The zero-order chi connectivity index (χ0) is 15.1. The lowest BCUT2D eigenvalue weighted by molar-refractivity contribution is 0.469. The normalized spacial score (nSPS) is 10.9. The van der Waals surface area contributed by atoms with Crippen molar-refractivity contribution in [2.45, 2.75) is 39.7 Å². The predicted molar refractivity (Wildman–Crippen MR) is 86.8 cm³/mol. The maximum atomic E-state index is 6.03. The van der Waals surface area contributed by atoms with E-state index in [1.165, 1.54) is 5.56 Å². The van der Waals surface area contributed by atoms with Crippen LogP contribution in [0.5, 0.6) is 11.5 Å². The molecule has 1 heterocycles. The third-order valence-electron chi connectivity index (χ3n) is 3.36. The molecule has 1 N–H and O–H groups in total. The van der Waals surface area contributed by atoms with Crippen LogP contribution in [0.3, 0.4) is 0 Å². The van der Waals surface area contributed by atoms with Crippen molar-refractivity contribution in [3.8, 4) is 11.5 Å². The van der Waals surface area contributed by atoms with Crippen molar-refractivity contribution in [1.29, 1.82) is 0 Å². The third kappa shape index (κ3) is 4.57. The van der Waals surface area contributed by atoms with E-state index in [4.69, 9.17) is 4.74 Å². The first kappa shape index (κ1) is 15.5. The molecular weight excluding hydrogens is 260 g/mol. The van der Waals surface area contributed by atoms with Gasteiger partial charge in [0.05, 0.1) is 6.20 Å². The average Bonchev–Trinajstić information content (AvgIpc) is 2.49. The fourth-order valence-corrected chi connectivity index (χ4v) is 2.11. The highest BCUT2D eigenvalue weighted by Crippen LogP contribution is 2.27. The summed E-state index contributed by atoms with van der Waals surface area (Å²) in [5, 5.41) is 3.40. The number of nitrogens with one attached hydrogen (secondary N) is 1. The first-order valence-corrected chi connectivity index (χ1v) is 7.62. The Morgan fingerprint density at radius 2 is 2.10 bits per heavy atom. The Balaban J connectivity index is 2.13. The van der Waals surface area contributed by atoms with E-state index in [1.807, 2.05) is 18.2 Å². The number of nitrogens with zero attached hydrogens (tertiary/aromatic N) is 1. The fourth-order valence-electron chi connectivity index (χ4n) is 2.11. The van der Waals surface area contributed by atoms with Gasteiger partial charge in [-0.2, -0.15) is 0 Å². The van der Waals surface area contributed by atoms with E-state index in [0.29, 0.717) is 5.92 Å². The Kier molecular flexibility index (Phi) is 5.76. The maximum absolute atomic E-state index is 6.03. The van der Waals surface area contributed by atoms with Gasteiger partial charge in [0, 0.05) is 18.3 Å². The molecule has 112 valence electrons. The molecule has 0 atom stereocenters. The summed E-state index contributed by atoms with van der Waals surface area (Å²) in [4.78, 5) is 4.17. The second-order valence-electron chi connectivity index (χ2n) is 5.49. The summed E-state index contributed by atoms with van der Waals surface area (Å²) in [6, 6.07) is 10.3. The highest BCUT2D eigenvalue weighted by atomic mass is 16.5. The molecule has 0 bridgehead atoms. The molecule has 3 nitrogen and oxygen atoms in total. The van der Waals surface area contributed by atoms with E-state index < -0.39 is 0 Å². The van der Waals surface area contributed by atoms with Crippen LogP contribution in [0.15, 0.2) is 42.7 Å². The van der Waals surface area contributed by atoms with Crippen molar-refractivity contribution in [2.24, 2.45) is 0 Å². The molecule has 0 fully saturated rings. The van der Waals surface area contributed by atoms with E-state index in [2.05, 4.69) is 43.2 Å². The summed E-state index contributed by atoms with van der Waals surface area (Å²) in [6.07, 6.45) is 4.71. The van der Waals surface area contributed by atoms with E-state index in [1.54, 1.807) is 12.4 Å². The molecule has 2 aromatic rings. The standard InChI is InChI=1S/C18H24N2O/c1-4-9-19-12-16-8-10-20-13-18(16)21-17-7-5-6-15(11-17)14(2)3/h5-8,10-11,13-14,19H,4,9,12H2,1-3H3. The summed E-state index contributed by atoms with van der Waals surface area (Å²) in [7, 11) is 0. The van der Waals surface area contributed by atoms with Crippen LogP contribution in [-0.2, 0) is 6.54 Å². The predicted octanol–water partition coefficient (Wildman–Crippen LogP) is 4.50. The van der Waals surface area contributed by atoms with Gasteiger partial charge in [0.25, 0.3) is 0 Å². The SMILES string of the molecule is CCCNCc1ccncc1Oc1cccc(C(C)C)c1. The quantitative estimate of drug-likeness (QED) is 0.760. The van der Waals surface area contributed by atoms with E-state index in [0.717, 1.165) is 36.6 Å². The minimum Gasteiger partial charge on any atom is -0.455 e. The van der Waals surface area contributed by atoms with Gasteiger partial charge in [0.1, 0.15) is 11.5 Å². The average molecular weight is 284 g/mol. The maximum Gasteiger partial charge on any atom is 0.150 e. The zero-order valence-corrected chi connectivity index (χ0v) is 13.1. The van der Waals surface area contributed by atoms with Gasteiger partial charge in [-0.1, -0.05) is 32.9 Å². The highest BCUT2D eigenvalue weighted by molar-refractivity contribution is 5.37. The molecule has 0 aliphatic rings. The zero-order valence-electron chi connectivity index (χ0n) is 13.1. The van der Waals surface area contributed by atoms with E-state index in [9.17, 15) is 0 Å². The van der Waals surface area contributed by atoms with Gasteiger partial charge in [-0.15, -0.1) is 0 Å². The Labute approximate surface area is 127 Å². The first-order valence-electron chi connectivity index (χ1n) is 7.62. The number of aromatic nitrogens is 1. The number of ether oxygens (including phenoxy) is 1. The molecular formula is C18H24N2O. The Morgan fingerprint density at radius 1 is 1.24 bits per heavy atom. The molecule has 21 heavy (non-hydrogen) atoms.